The molecule has 0 radical (unpaired) electrons. The third-order valence-corrected chi connectivity index (χ3v) is 4.32. The van der Waals surface area contributed by atoms with Crippen LogP contribution in [0.25, 0.3) is 10.8 Å². The van der Waals surface area contributed by atoms with Gasteiger partial charge in [0.05, 0.1) is 22.1 Å². The molecule has 7 nitrogen and oxygen atoms in total. The fourth-order valence-corrected chi connectivity index (χ4v) is 3.14. The number of aromatic nitrogens is 1. The number of hydrogen-bond donors (Lipinski definition) is 1. The maximum Gasteiger partial charge on any atom is 0.394 e. The van der Waals surface area contributed by atoms with E-state index < -0.39 is 35.4 Å². The molecule has 1 aliphatic heterocycles. The zero-order valence-corrected chi connectivity index (χ0v) is 12.6. The molecule has 132 valence electrons. The van der Waals surface area contributed by atoms with Crippen LogP contribution in [0, 0.1) is 22.0 Å². The fourth-order valence-electron chi connectivity index (χ4n) is 3.14. The molecule has 0 spiro atoms. The standard InChI is InChI=1S/C15H12F3N3O4/c16-15(17,18)11-7-20(6-10(11)14(22)23)13-9-2-1-3-12(21(24)25)8(9)4-5-19-13/h1-5,10-11H,6-7H2,(H,22,23)/t10-,11-/m1/s1. The molecule has 1 aromatic carbocycles. The summed E-state index contributed by atoms with van der Waals surface area (Å²) < 4.78 is 39.4. The largest absolute Gasteiger partial charge is 0.481 e. The minimum Gasteiger partial charge on any atom is -0.481 e. The van der Waals surface area contributed by atoms with Gasteiger partial charge in [0.2, 0.25) is 0 Å². The Labute approximate surface area is 138 Å². The Morgan fingerprint density at radius 1 is 1.28 bits per heavy atom. The minimum atomic E-state index is -4.66. The van der Waals surface area contributed by atoms with Crippen molar-refractivity contribution in [3.8, 4) is 0 Å². The number of fused-ring (bicyclic) bond motifs is 1. The van der Waals surface area contributed by atoms with E-state index in [4.69, 9.17) is 5.11 Å². The van der Waals surface area contributed by atoms with Gasteiger partial charge >= 0.3 is 12.1 Å². The molecule has 1 saturated heterocycles. The first-order valence-electron chi connectivity index (χ1n) is 7.26. The number of pyridine rings is 1. The number of rotatable bonds is 3. The number of carbonyl (C=O) groups is 1. The molecule has 0 amide bonds. The summed E-state index contributed by atoms with van der Waals surface area (Å²) in [6.45, 7) is -0.927. The summed E-state index contributed by atoms with van der Waals surface area (Å²) in [7, 11) is 0. The Hall–Kier alpha value is -2.91. The predicted octanol–water partition coefficient (Wildman–Crippen LogP) is 2.84. The normalized spacial score (nSPS) is 20.8. The van der Waals surface area contributed by atoms with Gasteiger partial charge in [0, 0.05) is 30.7 Å². The number of benzene rings is 1. The van der Waals surface area contributed by atoms with Gasteiger partial charge in [-0.1, -0.05) is 12.1 Å². The Morgan fingerprint density at radius 3 is 2.56 bits per heavy atom. The maximum atomic E-state index is 13.1. The van der Waals surface area contributed by atoms with Crippen LogP contribution in [0.1, 0.15) is 0 Å². The molecule has 10 heteroatoms. The first kappa shape index (κ1) is 16.9. The minimum absolute atomic E-state index is 0.110. The second-order valence-corrected chi connectivity index (χ2v) is 5.76. The predicted molar refractivity (Wildman–Crippen MR) is 81.3 cm³/mol. The van der Waals surface area contributed by atoms with Gasteiger partial charge in [-0.3, -0.25) is 14.9 Å². The molecular formula is C15H12F3N3O4. The van der Waals surface area contributed by atoms with Crippen LogP contribution in [-0.4, -0.2) is 40.2 Å². The van der Waals surface area contributed by atoms with Gasteiger partial charge in [0.15, 0.2) is 0 Å². The lowest BCUT2D eigenvalue weighted by Gasteiger charge is -2.20. The van der Waals surface area contributed by atoms with Gasteiger partial charge < -0.3 is 10.0 Å². The van der Waals surface area contributed by atoms with E-state index in [1.54, 1.807) is 0 Å². The number of aliphatic carboxylic acids is 1. The molecule has 0 aliphatic carbocycles. The van der Waals surface area contributed by atoms with Gasteiger partial charge in [-0.25, -0.2) is 4.98 Å². The molecule has 0 unspecified atom stereocenters. The summed E-state index contributed by atoms with van der Waals surface area (Å²) in [5, 5.41) is 20.8. The first-order valence-corrected chi connectivity index (χ1v) is 7.26. The number of alkyl halides is 3. The van der Waals surface area contributed by atoms with E-state index >= 15 is 0 Å². The molecule has 1 N–H and O–H groups in total. The van der Waals surface area contributed by atoms with E-state index in [1.165, 1.54) is 35.4 Å². The van der Waals surface area contributed by atoms with Gasteiger partial charge in [0.1, 0.15) is 5.82 Å². The highest BCUT2D eigenvalue weighted by Gasteiger charge is 2.53. The summed E-state index contributed by atoms with van der Waals surface area (Å²) in [5.41, 5.74) is -0.192. The average Bonchev–Trinajstić information content (AvgIpc) is 2.99. The van der Waals surface area contributed by atoms with Crippen LogP contribution in [0.4, 0.5) is 24.7 Å². The van der Waals surface area contributed by atoms with E-state index in [0.29, 0.717) is 5.39 Å². The second-order valence-electron chi connectivity index (χ2n) is 5.76. The smallest absolute Gasteiger partial charge is 0.394 e. The lowest BCUT2D eigenvalue weighted by Crippen LogP contribution is -2.33. The number of nitrogens with zero attached hydrogens (tertiary/aromatic N) is 3. The highest BCUT2D eigenvalue weighted by molar-refractivity contribution is 5.98. The summed E-state index contributed by atoms with van der Waals surface area (Å²) in [4.78, 5) is 27.0. The number of carboxylic acid groups (broad SMARTS) is 1. The molecule has 2 heterocycles. The molecule has 2 atom stereocenters. The van der Waals surface area contributed by atoms with Crippen LogP contribution in [0.2, 0.25) is 0 Å². The Balaban J connectivity index is 2.07. The third-order valence-electron chi connectivity index (χ3n) is 4.32. The topological polar surface area (TPSA) is 96.6 Å². The van der Waals surface area contributed by atoms with Crippen LogP contribution in [0.15, 0.2) is 30.5 Å². The Morgan fingerprint density at radius 2 is 2.00 bits per heavy atom. The zero-order chi connectivity index (χ0) is 18.4. The highest BCUT2D eigenvalue weighted by Crippen LogP contribution is 2.41. The third kappa shape index (κ3) is 2.94. The fraction of sp³-hybridized carbons (Fsp3) is 0.333. The number of nitro benzene ring substituents is 1. The van der Waals surface area contributed by atoms with Crippen molar-refractivity contribution in [1.82, 2.24) is 4.98 Å². The van der Waals surface area contributed by atoms with Crippen LogP contribution >= 0.6 is 0 Å². The SMILES string of the molecule is O=C(O)[C@@H]1CN(c2nccc3c([N+](=O)[O-])cccc23)C[C@H]1C(F)(F)F. The van der Waals surface area contributed by atoms with Gasteiger partial charge in [-0.05, 0) is 6.07 Å². The summed E-state index contributed by atoms with van der Waals surface area (Å²) in [5.74, 6) is -5.06. The molecule has 2 aromatic rings. The highest BCUT2D eigenvalue weighted by atomic mass is 19.4. The molecule has 0 bridgehead atoms. The molecule has 3 rings (SSSR count). The Bertz CT molecular complexity index is 856. The number of carboxylic acids is 1. The summed E-state index contributed by atoms with van der Waals surface area (Å²) in [6, 6.07) is 5.62. The lowest BCUT2D eigenvalue weighted by molar-refractivity contribution is -0.383. The van der Waals surface area contributed by atoms with E-state index in [1.807, 2.05) is 0 Å². The number of anilines is 1. The van der Waals surface area contributed by atoms with Gasteiger partial charge in [0.25, 0.3) is 5.69 Å². The van der Waals surface area contributed by atoms with E-state index in [0.717, 1.165) is 0 Å². The molecule has 25 heavy (non-hydrogen) atoms. The van der Waals surface area contributed by atoms with E-state index in [-0.39, 0.29) is 23.4 Å². The van der Waals surface area contributed by atoms with Gasteiger partial charge in [-0.15, -0.1) is 0 Å². The molecule has 1 fully saturated rings. The summed E-state index contributed by atoms with van der Waals surface area (Å²) >= 11 is 0. The number of halogens is 3. The van der Waals surface area contributed by atoms with E-state index in [9.17, 15) is 28.1 Å². The molecule has 1 aromatic heterocycles. The van der Waals surface area contributed by atoms with Crippen LogP contribution in [-0.2, 0) is 4.79 Å². The van der Waals surface area contributed by atoms with Crippen molar-refractivity contribution in [2.45, 2.75) is 6.18 Å². The molecular weight excluding hydrogens is 343 g/mol. The molecule has 0 saturated carbocycles. The summed E-state index contributed by atoms with van der Waals surface area (Å²) in [6.07, 6.45) is -3.39. The van der Waals surface area contributed by atoms with Crippen LogP contribution in [0.5, 0.6) is 0 Å². The number of nitro groups is 1. The van der Waals surface area contributed by atoms with E-state index in [2.05, 4.69) is 4.98 Å². The van der Waals surface area contributed by atoms with Crippen molar-refractivity contribution in [2.24, 2.45) is 11.8 Å². The van der Waals surface area contributed by atoms with Gasteiger partial charge in [-0.2, -0.15) is 13.2 Å². The van der Waals surface area contributed by atoms with Crippen molar-refractivity contribution < 1.29 is 28.0 Å². The van der Waals surface area contributed by atoms with Crippen LogP contribution in [0.3, 0.4) is 0 Å². The van der Waals surface area contributed by atoms with Crippen molar-refractivity contribution in [2.75, 3.05) is 18.0 Å². The van der Waals surface area contributed by atoms with Crippen molar-refractivity contribution >= 4 is 28.2 Å². The monoisotopic (exact) mass is 355 g/mol. The van der Waals surface area contributed by atoms with Crippen molar-refractivity contribution in [3.05, 3.63) is 40.6 Å². The number of hydrogen-bond acceptors (Lipinski definition) is 5. The van der Waals surface area contributed by atoms with Crippen molar-refractivity contribution in [3.63, 3.8) is 0 Å². The quantitative estimate of drug-likeness (QED) is 0.672. The number of non-ortho nitro benzene ring substituents is 1. The van der Waals surface area contributed by atoms with Crippen LogP contribution < -0.4 is 4.90 Å². The average molecular weight is 355 g/mol. The lowest BCUT2D eigenvalue weighted by atomic mass is 9.96. The Kier molecular flexibility index (Phi) is 3.97. The maximum absolute atomic E-state index is 13.1. The molecule has 1 aliphatic rings. The first-order chi connectivity index (χ1) is 11.7. The van der Waals surface area contributed by atoms with Crippen molar-refractivity contribution in [1.29, 1.82) is 0 Å². The zero-order valence-electron chi connectivity index (χ0n) is 12.6. The second kappa shape index (κ2) is 5.87.